The second kappa shape index (κ2) is 3.42. The third-order valence-electron chi connectivity index (χ3n) is 2.73. The van der Waals surface area contributed by atoms with Gasteiger partial charge in [-0.15, -0.1) is 0 Å². The van der Waals surface area contributed by atoms with E-state index >= 15 is 0 Å². The van der Waals surface area contributed by atoms with Crippen molar-refractivity contribution in [2.75, 3.05) is 0 Å². The minimum Gasteiger partial charge on any atom is -0.0617 e. The van der Waals surface area contributed by atoms with Crippen LogP contribution in [-0.2, 0) is 6.42 Å². The highest BCUT2D eigenvalue weighted by molar-refractivity contribution is 5.29. The Kier molecular flexibility index (Phi) is 2.38. The molecule has 1 aromatic carbocycles. The van der Waals surface area contributed by atoms with Gasteiger partial charge in [-0.1, -0.05) is 45.0 Å². The Labute approximate surface area is 87.3 Å². The maximum atomic E-state index is 2.41. The highest BCUT2D eigenvalue weighted by Gasteiger charge is 2.23. The van der Waals surface area contributed by atoms with Crippen LogP contribution in [0, 0.1) is 5.41 Å². The topological polar surface area (TPSA) is 0 Å². The van der Waals surface area contributed by atoms with Crippen molar-refractivity contribution in [1.82, 2.24) is 0 Å². The lowest BCUT2D eigenvalue weighted by molar-refractivity contribution is 0.411. The Bertz CT molecular complexity index is 313. The summed E-state index contributed by atoms with van der Waals surface area (Å²) >= 11 is 0. The van der Waals surface area contributed by atoms with Gasteiger partial charge in [0.15, 0.2) is 0 Å². The molecule has 1 saturated carbocycles. The van der Waals surface area contributed by atoms with Gasteiger partial charge in [0.2, 0.25) is 0 Å². The monoisotopic (exact) mass is 188 g/mol. The van der Waals surface area contributed by atoms with E-state index in [-0.39, 0.29) is 0 Å². The Morgan fingerprint density at radius 2 is 1.93 bits per heavy atom. The van der Waals surface area contributed by atoms with Gasteiger partial charge in [0, 0.05) is 0 Å². The summed E-state index contributed by atoms with van der Waals surface area (Å²) in [6, 6.07) is 9.17. The Morgan fingerprint density at radius 1 is 1.21 bits per heavy atom. The van der Waals surface area contributed by atoms with Gasteiger partial charge in [-0.3, -0.25) is 0 Å². The second-order valence-electron chi connectivity index (χ2n) is 5.76. The van der Waals surface area contributed by atoms with Crippen LogP contribution in [0.15, 0.2) is 24.3 Å². The summed E-state index contributed by atoms with van der Waals surface area (Å²) in [5.41, 5.74) is 3.47. The molecule has 2 rings (SSSR count). The Morgan fingerprint density at radius 3 is 2.50 bits per heavy atom. The highest BCUT2D eigenvalue weighted by Crippen LogP contribution is 2.40. The van der Waals surface area contributed by atoms with E-state index < -0.39 is 0 Å². The summed E-state index contributed by atoms with van der Waals surface area (Å²) in [5, 5.41) is 0. The first-order valence-corrected chi connectivity index (χ1v) is 5.63. The van der Waals surface area contributed by atoms with E-state index in [0.29, 0.717) is 5.41 Å². The van der Waals surface area contributed by atoms with Gasteiger partial charge in [-0.05, 0) is 41.7 Å². The van der Waals surface area contributed by atoms with Crippen molar-refractivity contribution >= 4 is 0 Å². The molecular formula is C14H20. The molecule has 0 heterocycles. The maximum absolute atomic E-state index is 2.41. The van der Waals surface area contributed by atoms with Crippen LogP contribution in [0.25, 0.3) is 0 Å². The van der Waals surface area contributed by atoms with Crippen molar-refractivity contribution in [3.8, 4) is 0 Å². The predicted octanol–water partition coefficient (Wildman–Crippen LogP) is 4.15. The molecule has 1 aliphatic rings. The lowest BCUT2D eigenvalue weighted by Crippen LogP contribution is -2.09. The molecule has 0 aliphatic heterocycles. The highest BCUT2D eigenvalue weighted by atomic mass is 14.3. The molecular weight excluding hydrogens is 168 g/mol. The fraction of sp³-hybridized carbons (Fsp3) is 0.571. The molecule has 0 atom stereocenters. The van der Waals surface area contributed by atoms with Crippen molar-refractivity contribution in [2.24, 2.45) is 5.41 Å². The van der Waals surface area contributed by atoms with Crippen LogP contribution in [0.5, 0.6) is 0 Å². The zero-order chi connectivity index (χ0) is 10.2. The molecule has 0 N–H and O–H groups in total. The fourth-order valence-corrected chi connectivity index (χ4v) is 1.99. The Balaban J connectivity index is 2.13. The van der Waals surface area contributed by atoms with E-state index in [1.54, 1.807) is 5.56 Å². The molecule has 14 heavy (non-hydrogen) atoms. The van der Waals surface area contributed by atoms with Gasteiger partial charge >= 0.3 is 0 Å². The fourth-order valence-electron chi connectivity index (χ4n) is 1.99. The van der Waals surface area contributed by atoms with Gasteiger partial charge in [0.05, 0.1) is 0 Å². The van der Waals surface area contributed by atoms with Crippen molar-refractivity contribution in [2.45, 2.75) is 46.0 Å². The smallest absolute Gasteiger partial charge is 0.0161 e. The molecule has 76 valence electrons. The van der Waals surface area contributed by atoms with Crippen LogP contribution in [0.1, 0.15) is 50.7 Å². The molecule has 0 aromatic heterocycles. The van der Waals surface area contributed by atoms with Crippen LogP contribution < -0.4 is 0 Å². The third kappa shape index (κ3) is 2.60. The molecule has 0 unspecified atom stereocenters. The predicted molar refractivity (Wildman–Crippen MR) is 61.6 cm³/mol. The van der Waals surface area contributed by atoms with Crippen molar-refractivity contribution < 1.29 is 0 Å². The molecule has 0 heteroatoms. The van der Waals surface area contributed by atoms with Gasteiger partial charge < -0.3 is 0 Å². The lowest BCUT2D eigenvalue weighted by atomic mass is 9.87. The first-order valence-electron chi connectivity index (χ1n) is 5.63. The van der Waals surface area contributed by atoms with Crippen LogP contribution in [0.2, 0.25) is 0 Å². The molecule has 0 saturated heterocycles. The summed E-state index contributed by atoms with van der Waals surface area (Å²) in [5.74, 6) is 0.884. The summed E-state index contributed by atoms with van der Waals surface area (Å²) in [4.78, 5) is 0. The first kappa shape index (κ1) is 9.76. The first-order chi connectivity index (χ1) is 6.54. The van der Waals surface area contributed by atoms with Gasteiger partial charge in [0.1, 0.15) is 0 Å². The molecule has 0 nitrogen and oxygen atoms in total. The second-order valence-corrected chi connectivity index (χ2v) is 5.76. The van der Waals surface area contributed by atoms with Gasteiger partial charge in [0.25, 0.3) is 0 Å². The van der Waals surface area contributed by atoms with Crippen LogP contribution in [-0.4, -0.2) is 0 Å². The summed E-state index contributed by atoms with van der Waals surface area (Å²) in [7, 11) is 0. The van der Waals surface area contributed by atoms with E-state index in [4.69, 9.17) is 0 Å². The molecule has 1 aromatic rings. The molecule has 1 fully saturated rings. The average molecular weight is 188 g/mol. The Hall–Kier alpha value is -0.780. The zero-order valence-electron chi connectivity index (χ0n) is 9.51. The quantitative estimate of drug-likeness (QED) is 0.654. The minimum absolute atomic E-state index is 0.405. The van der Waals surface area contributed by atoms with E-state index in [2.05, 4.69) is 45.0 Å². The van der Waals surface area contributed by atoms with Crippen LogP contribution >= 0.6 is 0 Å². The number of benzene rings is 1. The molecule has 0 radical (unpaired) electrons. The minimum atomic E-state index is 0.405. The van der Waals surface area contributed by atoms with Crippen LogP contribution in [0.4, 0.5) is 0 Å². The number of hydrogen-bond acceptors (Lipinski definition) is 0. The van der Waals surface area contributed by atoms with Gasteiger partial charge in [-0.2, -0.15) is 0 Å². The normalized spacial score (nSPS) is 17.1. The van der Waals surface area contributed by atoms with Crippen molar-refractivity contribution in [3.63, 3.8) is 0 Å². The molecule has 0 spiro atoms. The van der Waals surface area contributed by atoms with E-state index in [9.17, 15) is 0 Å². The van der Waals surface area contributed by atoms with Crippen molar-refractivity contribution in [3.05, 3.63) is 35.4 Å². The van der Waals surface area contributed by atoms with E-state index in [0.717, 1.165) is 5.92 Å². The summed E-state index contributed by atoms with van der Waals surface area (Å²) in [6.45, 7) is 6.91. The third-order valence-corrected chi connectivity index (χ3v) is 2.73. The van der Waals surface area contributed by atoms with E-state index in [1.807, 2.05) is 0 Å². The number of rotatable bonds is 2. The van der Waals surface area contributed by atoms with Crippen molar-refractivity contribution in [1.29, 1.82) is 0 Å². The largest absolute Gasteiger partial charge is 0.0617 e. The standard InChI is InChI=1S/C14H20/c1-14(2,3)10-11-5-4-6-13(9-11)12-7-8-12/h4-6,9,12H,7-8,10H2,1-3H3. The summed E-state index contributed by atoms with van der Waals surface area (Å²) in [6.07, 6.45) is 3.99. The zero-order valence-corrected chi connectivity index (χ0v) is 9.51. The molecule has 0 bridgehead atoms. The summed E-state index contributed by atoms with van der Waals surface area (Å²) < 4.78 is 0. The van der Waals surface area contributed by atoms with E-state index in [1.165, 1.54) is 24.8 Å². The average Bonchev–Trinajstić information content (AvgIpc) is 2.83. The lowest BCUT2D eigenvalue weighted by Gasteiger charge is -2.18. The maximum Gasteiger partial charge on any atom is -0.0161 e. The SMILES string of the molecule is CC(C)(C)Cc1cccc(C2CC2)c1. The van der Waals surface area contributed by atoms with Crippen LogP contribution in [0.3, 0.4) is 0 Å². The number of hydrogen-bond donors (Lipinski definition) is 0. The van der Waals surface area contributed by atoms with Gasteiger partial charge in [-0.25, -0.2) is 0 Å². The molecule has 1 aliphatic carbocycles. The molecule has 0 amide bonds.